The standard InChI is InChI=1S/C27H26FN3O/c1-29-24-10-6-5-9-23(24)26(27(29)20-7-3-2-4-8-20)25(32)19-30-15-17-31(18-16-30)22-13-11-21(28)12-14-22/h2-14H,15-19H2,1H3. The van der Waals surface area contributed by atoms with Gasteiger partial charge in [-0.1, -0.05) is 48.5 Å². The molecule has 162 valence electrons. The molecule has 3 aromatic carbocycles. The Morgan fingerprint density at radius 2 is 1.50 bits per heavy atom. The fourth-order valence-corrected chi connectivity index (χ4v) is 4.71. The number of halogens is 1. The Morgan fingerprint density at radius 3 is 2.22 bits per heavy atom. The number of anilines is 1. The molecule has 2 heterocycles. The first-order valence-corrected chi connectivity index (χ1v) is 11.0. The van der Waals surface area contributed by atoms with Crippen molar-refractivity contribution in [1.82, 2.24) is 9.47 Å². The highest BCUT2D eigenvalue weighted by molar-refractivity contribution is 6.14. The third-order valence-corrected chi connectivity index (χ3v) is 6.36. The number of aryl methyl sites for hydroxylation is 1. The lowest BCUT2D eigenvalue weighted by Crippen LogP contribution is -2.48. The first-order chi connectivity index (χ1) is 15.6. The van der Waals surface area contributed by atoms with Gasteiger partial charge in [-0.25, -0.2) is 4.39 Å². The molecule has 0 bridgehead atoms. The van der Waals surface area contributed by atoms with Crippen LogP contribution in [0.25, 0.3) is 22.2 Å². The van der Waals surface area contributed by atoms with Crippen molar-refractivity contribution < 1.29 is 9.18 Å². The van der Waals surface area contributed by atoms with Gasteiger partial charge in [-0.05, 0) is 35.9 Å². The fourth-order valence-electron chi connectivity index (χ4n) is 4.71. The van der Waals surface area contributed by atoms with Gasteiger partial charge in [0, 0.05) is 49.8 Å². The third kappa shape index (κ3) is 3.80. The maximum Gasteiger partial charge on any atom is 0.179 e. The number of piperazine rings is 1. The molecule has 4 aromatic rings. The van der Waals surface area contributed by atoms with Crippen molar-refractivity contribution in [2.24, 2.45) is 7.05 Å². The van der Waals surface area contributed by atoms with Crippen LogP contribution in [0.1, 0.15) is 10.4 Å². The number of hydrogen-bond donors (Lipinski definition) is 0. The molecule has 0 saturated carbocycles. The van der Waals surface area contributed by atoms with Gasteiger partial charge in [0.1, 0.15) is 5.82 Å². The monoisotopic (exact) mass is 427 g/mol. The van der Waals surface area contributed by atoms with Crippen LogP contribution >= 0.6 is 0 Å². The second-order valence-corrected chi connectivity index (χ2v) is 8.33. The van der Waals surface area contributed by atoms with Crippen LogP contribution in [-0.4, -0.2) is 48.0 Å². The number of benzene rings is 3. The van der Waals surface area contributed by atoms with Gasteiger partial charge in [-0.2, -0.15) is 0 Å². The minimum atomic E-state index is -0.220. The second-order valence-electron chi connectivity index (χ2n) is 8.33. The van der Waals surface area contributed by atoms with Crippen molar-refractivity contribution in [3.05, 3.63) is 90.2 Å². The van der Waals surface area contributed by atoms with Gasteiger partial charge in [0.15, 0.2) is 5.78 Å². The zero-order valence-corrected chi connectivity index (χ0v) is 18.2. The average Bonchev–Trinajstić information content (AvgIpc) is 3.13. The predicted molar refractivity (Wildman–Crippen MR) is 128 cm³/mol. The van der Waals surface area contributed by atoms with Crippen molar-refractivity contribution in [3.63, 3.8) is 0 Å². The predicted octanol–water partition coefficient (Wildman–Crippen LogP) is 4.99. The van der Waals surface area contributed by atoms with E-state index in [1.807, 2.05) is 55.6 Å². The first kappa shape index (κ1) is 20.5. The molecule has 1 aliphatic rings. The lowest BCUT2D eigenvalue weighted by Gasteiger charge is -2.35. The fraction of sp³-hybridized carbons (Fsp3) is 0.222. The number of Topliss-reactive ketones (excluding diaryl/α,β-unsaturated/α-hetero) is 1. The number of ketones is 1. The quantitative estimate of drug-likeness (QED) is 0.420. The molecule has 5 heteroatoms. The molecule has 0 amide bonds. The Hall–Kier alpha value is -3.44. The molecule has 0 N–H and O–H groups in total. The summed E-state index contributed by atoms with van der Waals surface area (Å²) < 4.78 is 15.4. The summed E-state index contributed by atoms with van der Waals surface area (Å²) in [5.74, 6) is -0.0711. The van der Waals surface area contributed by atoms with Crippen LogP contribution in [0.2, 0.25) is 0 Å². The van der Waals surface area contributed by atoms with E-state index in [0.717, 1.165) is 59.6 Å². The van der Waals surface area contributed by atoms with Gasteiger partial charge in [-0.3, -0.25) is 9.69 Å². The molecular weight excluding hydrogens is 401 g/mol. The first-order valence-electron chi connectivity index (χ1n) is 11.0. The van der Waals surface area contributed by atoms with Gasteiger partial charge < -0.3 is 9.47 Å². The maximum atomic E-state index is 13.6. The van der Waals surface area contributed by atoms with Crippen LogP contribution in [-0.2, 0) is 7.05 Å². The van der Waals surface area contributed by atoms with E-state index in [9.17, 15) is 9.18 Å². The van der Waals surface area contributed by atoms with E-state index in [2.05, 4.69) is 32.6 Å². The summed E-state index contributed by atoms with van der Waals surface area (Å²) in [6.45, 7) is 3.63. The summed E-state index contributed by atoms with van der Waals surface area (Å²) in [4.78, 5) is 18.1. The van der Waals surface area contributed by atoms with Gasteiger partial charge >= 0.3 is 0 Å². The Balaban J connectivity index is 1.38. The number of hydrogen-bond acceptors (Lipinski definition) is 3. The van der Waals surface area contributed by atoms with Crippen LogP contribution in [0, 0.1) is 5.82 Å². The molecule has 5 rings (SSSR count). The summed E-state index contributed by atoms with van der Waals surface area (Å²) in [6.07, 6.45) is 0. The van der Waals surface area contributed by atoms with E-state index in [0.29, 0.717) is 6.54 Å². The van der Waals surface area contributed by atoms with Gasteiger partial charge in [0.25, 0.3) is 0 Å². The Kier molecular flexibility index (Phi) is 5.50. The van der Waals surface area contributed by atoms with Crippen LogP contribution in [0.4, 0.5) is 10.1 Å². The van der Waals surface area contributed by atoms with E-state index in [4.69, 9.17) is 0 Å². The van der Waals surface area contributed by atoms with Crippen LogP contribution in [0.3, 0.4) is 0 Å². The number of carbonyl (C=O) groups excluding carboxylic acids is 1. The van der Waals surface area contributed by atoms with Gasteiger partial charge in [0.05, 0.1) is 17.8 Å². The lowest BCUT2D eigenvalue weighted by atomic mass is 10.0. The summed E-state index contributed by atoms with van der Waals surface area (Å²) in [7, 11) is 2.03. The van der Waals surface area contributed by atoms with E-state index in [-0.39, 0.29) is 11.6 Å². The van der Waals surface area contributed by atoms with E-state index < -0.39 is 0 Å². The Labute approximate surface area is 187 Å². The minimum Gasteiger partial charge on any atom is -0.369 e. The third-order valence-electron chi connectivity index (χ3n) is 6.36. The molecule has 0 spiro atoms. The summed E-state index contributed by atoms with van der Waals surface area (Å²) >= 11 is 0. The molecule has 0 atom stereocenters. The number of carbonyl (C=O) groups is 1. The zero-order valence-electron chi connectivity index (χ0n) is 18.2. The molecule has 1 saturated heterocycles. The summed E-state index contributed by atoms with van der Waals surface area (Å²) in [6, 6.07) is 24.9. The number of rotatable bonds is 5. The average molecular weight is 428 g/mol. The Bertz CT molecular complexity index is 1240. The molecule has 1 aliphatic heterocycles. The highest BCUT2D eigenvalue weighted by atomic mass is 19.1. The molecule has 0 radical (unpaired) electrons. The number of para-hydroxylation sites is 1. The molecule has 4 nitrogen and oxygen atoms in total. The number of aromatic nitrogens is 1. The van der Waals surface area contributed by atoms with Gasteiger partial charge in [0.2, 0.25) is 0 Å². The largest absolute Gasteiger partial charge is 0.369 e. The lowest BCUT2D eigenvalue weighted by molar-refractivity contribution is 0.0928. The topological polar surface area (TPSA) is 28.5 Å². The SMILES string of the molecule is Cn1c(-c2ccccc2)c(C(=O)CN2CCN(c3ccc(F)cc3)CC2)c2ccccc21. The molecule has 32 heavy (non-hydrogen) atoms. The molecular formula is C27H26FN3O. The number of fused-ring (bicyclic) bond motifs is 1. The smallest absolute Gasteiger partial charge is 0.179 e. The zero-order chi connectivity index (χ0) is 22.1. The van der Waals surface area contributed by atoms with Gasteiger partial charge in [-0.15, -0.1) is 0 Å². The number of nitrogens with zero attached hydrogens (tertiary/aromatic N) is 3. The van der Waals surface area contributed by atoms with Crippen molar-refractivity contribution in [2.45, 2.75) is 0 Å². The highest BCUT2D eigenvalue weighted by Gasteiger charge is 2.25. The second kappa shape index (κ2) is 8.60. The molecule has 1 aromatic heterocycles. The molecule has 0 unspecified atom stereocenters. The van der Waals surface area contributed by atoms with Crippen molar-refractivity contribution in [1.29, 1.82) is 0 Å². The van der Waals surface area contributed by atoms with Crippen LogP contribution < -0.4 is 4.90 Å². The highest BCUT2D eigenvalue weighted by Crippen LogP contribution is 2.33. The van der Waals surface area contributed by atoms with Crippen LogP contribution in [0.5, 0.6) is 0 Å². The van der Waals surface area contributed by atoms with E-state index >= 15 is 0 Å². The van der Waals surface area contributed by atoms with E-state index in [1.165, 1.54) is 12.1 Å². The van der Waals surface area contributed by atoms with Crippen LogP contribution in [0.15, 0.2) is 78.9 Å². The normalized spacial score (nSPS) is 14.8. The Morgan fingerprint density at radius 1 is 0.844 bits per heavy atom. The van der Waals surface area contributed by atoms with Crippen molar-refractivity contribution >= 4 is 22.4 Å². The summed E-state index contributed by atoms with van der Waals surface area (Å²) in [5.41, 5.74) is 4.92. The molecule has 1 fully saturated rings. The maximum absolute atomic E-state index is 13.6. The minimum absolute atomic E-state index is 0.149. The molecule has 0 aliphatic carbocycles. The van der Waals surface area contributed by atoms with Crippen molar-refractivity contribution in [3.8, 4) is 11.3 Å². The van der Waals surface area contributed by atoms with Crippen molar-refractivity contribution in [2.75, 3.05) is 37.6 Å². The van der Waals surface area contributed by atoms with E-state index in [1.54, 1.807) is 0 Å². The summed E-state index contributed by atoms with van der Waals surface area (Å²) in [5, 5.41) is 1.00.